The van der Waals surface area contributed by atoms with E-state index in [1.807, 2.05) is 0 Å². The molecule has 0 aromatic carbocycles. The number of aldehydes is 1. The summed E-state index contributed by atoms with van der Waals surface area (Å²) in [6, 6.07) is 0. The van der Waals surface area contributed by atoms with Crippen molar-refractivity contribution in [3.8, 4) is 0 Å². The van der Waals surface area contributed by atoms with Crippen LogP contribution in [0.25, 0.3) is 0 Å². The second-order valence-electron chi connectivity index (χ2n) is 3.61. The van der Waals surface area contributed by atoms with E-state index in [9.17, 15) is 4.79 Å². The standard InChI is InChI=1S/C11H22OS/c1-2-3-4-5-6-7-8-9-11(13)10-12/h10-11,13H,2-9H2,1H3. The summed E-state index contributed by atoms with van der Waals surface area (Å²) in [6.07, 6.45) is 11.0. The predicted molar refractivity (Wildman–Crippen MR) is 61.4 cm³/mol. The third kappa shape index (κ3) is 9.94. The molecule has 0 spiro atoms. The van der Waals surface area contributed by atoms with E-state index in [1.165, 1.54) is 38.5 Å². The van der Waals surface area contributed by atoms with Gasteiger partial charge in [0.2, 0.25) is 0 Å². The van der Waals surface area contributed by atoms with Crippen molar-refractivity contribution in [3.63, 3.8) is 0 Å². The normalized spacial score (nSPS) is 12.8. The van der Waals surface area contributed by atoms with Gasteiger partial charge in [-0.05, 0) is 6.42 Å². The van der Waals surface area contributed by atoms with Gasteiger partial charge in [-0.3, -0.25) is 0 Å². The van der Waals surface area contributed by atoms with Gasteiger partial charge in [0, 0.05) is 0 Å². The molecule has 1 nitrogen and oxygen atoms in total. The van der Waals surface area contributed by atoms with Crippen LogP contribution in [-0.4, -0.2) is 11.5 Å². The van der Waals surface area contributed by atoms with Crippen LogP contribution in [0.1, 0.15) is 58.3 Å². The SMILES string of the molecule is CCCCCCCCCC(S)C=O. The number of carbonyl (C=O) groups excluding carboxylic acids is 1. The monoisotopic (exact) mass is 202 g/mol. The molecule has 1 unspecified atom stereocenters. The lowest BCUT2D eigenvalue weighted by Gasteiger charge is -2.02. The van der Waals surface area contributed by atoms with Gasteiger partial charge in [0.15, 0.2) is 0 Å². The number of hydrogen-bond donors (Lipinski definition) is 1. The van der Waals surface area contributed by atoms with Crippen LogP contribution in [0, 0.1) is 0 Å². The van der Waals surface area contributed by atoms with E-state index in [4.69, 9.17) is 0 Å². The first-order valence-corrected chi connectivity index (χ1v) is 5.96. The van der Waals surface area contributed by atoms with Crippen LogP contribution >= 0.6 is 12.6 Å². The molecule has 0 aliphatic heterocycles. The van der Waals surface area contributed by atoms with E-state index in [2.05, 4.69) is 19.6 Å². The molecule has 13 heavy (non-hydrogen) atoms. The van der Waals surface area contributed by atoms with Gasteiger partial charge in [-0.2, -0.15) is 12.6 Å². The molecule has 0 aliphatic carbocycles. The maximum absolute atomic E-state index is 10.2. The lowest BCUT2D eigenvalue weighted by atomic mass is 10.1. The van der Waals surface area contributed by atoms with Gasteiger partial charge in [-0.15, -0.1) is 0 Å². The molecular weight excluding hydrogens is 180 g/mol. The molecule has 0 N–H and O–H groups in total. The topological polar surface area (TPSA) is 17.1 Å². The summed E-state index contributed by atoms with van der Waals surface area (Å²) in [6.45, 7) is 2.23. The Morgan fingerprint density at radius 3 is 2.15 bits per heavy atom. The first kappa shape index (κ1) is 13.0. The fraction of sp³-hybridized carbons (Fsp3) is 0.909. The number of unbranched alkanes of at least 4 members (excludes halogenated alkanes) is 6. The van der Waals surface area contributed by atoms with Crippen LogP contribution in [-0.2, 0) is 4.79 Å². The first-order chi connectivity index (χ1) is 6.31. The van der Waals surface area contributed by atoms with Crippen LogP contribution in [0.15, 0.2) is 0 Å². The lowest BCUT2D eigenvalue weighted by Crippen LogP contribution is -1.98. The van der Waals surface area contributed by atoms with E-state index in [-0.39, 0.29) is 5.25 Å². The molecule has 2 heteroatoms. The number of thiol groups is 1. The van der Waals surface area contributed by atoms with Crippen molar-refractivity contribution < 1.29 is 4.79 Å². The maximum Gasteiger partial charge on any atom is 0.132 e. The van der Waals surface area contributed by atoms with Gasteiger partial charge in [-0.25, -0.2) is 0 Å². The highest BCUT2D eigenvalue weighted by molar-refractivity contribution is 7.81. The van der Waals surface area contributed by atoms with Crippen molar-refractivity contribution in [1.82, 2.24) is 0 Å². The van der Waals surface area contributed by atoms with E-state index < -0.39 is 0 Å². The van der Waals surface area contributed by atoms with E-state index in [0.29, 0.717) is 0 Å². The molecule has 0 saturated carbocycles. The van der Waals surface area contributed by atoms with Crippen molar-refractivity contribution in [2.75, 3.05) is 0 Å². The van der Waals surface area contributed by atoms with Crippen molar-refractivity contribution >= 4 is 18.9 Å². The smallest absolute Gasteiger partial charge is 0.132 e. The van der Waals surface area contributed by atoms with Gasteiger partial charge in [0.1, 0.15) is 6.29 Å². The zero-order chi connectivity index (χ0) is 9.94. The molecule has 78 valence electrons. The van der Waals surface area contributed by atoms with Crippen molar-refractivity contribution in [2.45, 2.75) is 63.5 Å². The van der Waals surface area contributed by atoms with Crippen molar-refractivity contribution in [1.29, 1.82) is 0 Å². The third-order valence-corrected chi connectivity index (χ3v) is 2.64. The maximum atomic E-state index is 10.2. The summed E-state index contributed by atoms with van der Waals surface area (Å²) in [7, 11) is 0. The van der Waals surface area contributed by atoms with E-state index >= 15 is 0 Å². The van der Waals surface area contributed by atoms with Gasteiger partial charge in [0.05, 0.1) is 5.25 Å². The van der Waals surface area contributed by atoms with Crippen LogP contribution < -0.4 is 0 Å². The summed E-state index contributed by atoms with van der Waals surface area (Å²) in [5, 5.41) is -0.0318. The van der Waals surface area contributed by atoms with Gasteiger partial charge < -0.3 is 4.79 Å². The average molecular weight is 202 g/mol. The summed E-state index contributed by atoms with van der Waals surface area (Å²) in [5.41, 5.74) is 0. The Balaban J connectivity index is 2.95. The Kier molecular flexibility index (Phi) is 10.1. The largest absolute Gasteiger partial charge is 0.302 e. The molecule has 0 saturated heterocycles. The summed E-state index contributed by atoms with van der Waals surface area (Å²) in [5.74, 6) is 0. The molecule has 0 aliphatic rings. The minimum atomic E-state index is -0.0318. The zero-order valence-electron chi connectivity index (χ0n) is 8.67. The van der Waals surface area contributed by atoms with Crippen LogP contribution in [0.2, 0.25) is 0 Å². The molecule has 0 bridgehead atoms. The summed E-state index contributed by atoms with van der Waals surface area (Å²) in [4.78, 5) is 10.2. The van der Waals surface area contributed by atoms with Crippen molar-refractivity contribution in [2.24, 2.45) is 0 Å². The number of rotatable bonds is 9. The minimum absolute atomic E-state index is 0.0318. The zero-order valence-corrected chi connectivity index (χ0v) is 9.56. The summed E-state index contributed by atoms with van der Waals surface area (Å²) >= 11 is 4.12. The van der Waals surface area contributed by atoms with Crippen LogP contribution in [0.3, 0.4) is 0 Å². The molecule has 0 aromatic heterocycles. The van der Waals surface area contributed by atoms with Crippen molar-refractivity contribution in [3.05, 3.63) is 0 Å². The quantitative estimate of drug-likeness (QED) is 0.343. The van der Waals surface area contributed by atoms with E-state index in [0.717, 1.165) is 19.1 Å². The Bertz CT molecular complexity index is 115. The molecule has 0 heterocycles. The molecule has 1 atom stereocenters. The number of hydrogen-bond acceptors (Lipinski definition) is 2. The molecule has 0 radical (unpaired) electrons. The third-order valence-electron chi connectivity index (χ3n) is 2.26. The molecule has 0 rings (SSSR count). The number of carbonyl (C=O) groups is 1. The molecule has 0 amide bonds. The Hall–Kier alpha value is 0.0200. The van der Waals surface area contributed by atoms with Crippen LogP contribution in [0.5, 0.6) is 0 Å². The minimum Gasteiger partial charge on any atom is -0.302 e. The second-order valence-corrected chi connectivity index (χ2v) is 4.28. The fourth-order valence-electron chi connectivity index (χ4n) is 1.38. The average Bonchev–Trinajstić information content (AvgIpc) is 2.16. The lowest BCUT2D eigenvalue weighted by molar-refractivity contribution is -0.107. The fourth-order valence-corrected chi connectivity index (χ4v) is 1.56. The second kappa shape index (κ2) is 10.1. The molecular formula is C11H22OS. The van der Waals surface area contributed by atoms with Gasteiger partial charge in [-0.1, -0.05) is 51.9 Å². The highest BCUT2D eigenvalue weighted by atomic mass is 32.1. The Labute approximate surface area is 87.7 Å². The Morgan fingerprint density at radius 2 is 1.62 bits per heavy atom. The first-order valence-electron chi connectivity index (χ1n) is 5.44. The van der Waals surface area contributed by atoms with E-state index in [1.54, 1.807) is 0 Å². The molecule has 0 aromatic rings. The highest BCUT2D eigenvalue weighted by Gasteiger charge is 1.98. The predicted octanol–water partition coefficient (Wildman–Crippen LogP) is 3.62. The van der Waals surface area contributed by atoms with Crippen LogP contribution in [0.4, 0.5) is 0 Å². The molecule has 0 fully saturated rings. The Morgan fingerprint density at radius 1 is 1.08 bits per heavy atom. The van der Waals surface area contributed by atoms with Gasteiger partial charge in [0.25, 0.3) is 0 Å². The highest BCUT2D eigenvalue weighted by Crippen LogP contribution is 2.10. The van der Waals surface area contributed by atoms with Gasteiger partial charge >= 0.3 is 0 Å². The summed E-state index contributed by atoms with van der Waals surface area (Å²) < 4.78 is 0.